The average molecular weight is 298 g/mol. The van der Waals surface area contributed by atoms with Crippen molar-refractivity contribution in [2.75, 3.05) is 12.3 Å². The lowest BCUT2D eigenvalue weighted by molar-refractivity contribution is -0.127. The zero-order valence-corrected chi connectivity index (χ0v) is 12.4. The lowest BCUT2D eigenvalue weighted by Gasteiger charge is -2.13. The molecule has 0 saturated heterocycles. The summed E-state index contributed by atoms with van der Waals surface area (Å²) in [5.74, 6) is -0.778. The minimum absolute atomic E-state index is 0.0757. The first-order valence-electron chi connectivity index (χ1n) is 6.49. The number of rotatable bonds is 7. The van der Waals surface area contributed by atoms with Gasteiger partial charge >= 0.3 is 0 Å². The Morgan fingerprint density at radius 1 is 1.35 bits per heavy atom. The summed E-state index contributed by atoms with van der Waals surface area (Å²) >= 11 is 1.11. The molecule has 1 rings (SSSR count). The lowest BCUT2D eigenvalue weighted by Crippen LogP contribution is -2.45. The van der Waals surface area contributed by atoms with Crippen LogP contribution in [0.2, 0.25) is 0 Å². The minimum Gasteiger partial charge on any atom is -0.354 e. The number of carbonyl (C=O) groups is 2. The molecule has 0 aliphatic heterocycles. The fourth-order valence-electron chi connectivity index (χ4n) is 1.46. The topological polar surface area (TPSA) is 58.2 Å². The van der Waals surface area contributed by atoms with Crippen LogP contribution in [0.5, 0.6) is 0 Å². The summed E-state index contributed by atoms with van der Waals surface area (Å²) in [6.07, 6.45) is 0.843. The van der Waals surface area contributed by atoms with Crippen molar-refractivity contribution >= 4 is 23.6 Å². The van der Waals surface area contributed by atoms with Gasteiger partial charge in [-0.1, -0.05) is 19.1 Å². The van der Waals surface area contributed by atoms with E-state index in [9.17, 15) is 14.0 Å². The Kier molecular flexibility index (Phi) is 7.08. The molecule has 20 heavy (non-hydrogen) atoms. The maximum atomic E-state index is 13.4. The molecule has 4 nitrogen and oxygen atoms in total. The van der Waals surface area contributed by atoms with Gasteiger partial charge in [-0.15, -0.1) is 11.8 Å². The van der Waals surface area contributed by atoms with Gasteiger partial charge in [-0.2, -0.15) is 0 Å². The van der Waals surface area contributed by atoms with Crippen LogP contribution in [-0.4, -0.2) is 30.2 Å². The van der Waals surface area contributed by atoms with E-state index in [0.29, 0.717) is 11.4 Å². The van der Waals surface area contributed by atoms with Gasteiger partial charge in [0, 0.05) is 11.4 Å². The third-order valence-corrected chi connectivity index (χ3v) is 3.56. The molecule has 0 fully saturated rings. The summed E-state index contributed by atoms with van der Waals surface area (Å²) < 4.78 is 13.4. The zero-order valence-electron chi connectivity index (χ0n) is 11.6. The highest BCUT2D eigenvalue weighted by molar-refractivity contribution is 8.00. The van der Waals surface area contributed by atoms with E-state index in [-0.39, 0.29) is 23.4 Å². The molecule has 0 unspecified atom stereocenters. The molecule has 0 aliphatic carbocycles. The summed E-state index contributed by atoms with van der Waals surface area (Å²) in [5, 5.41) is 5.28. The van der Waals surface area contributed by atoms with Gasteiger partial charge in [-0.25, -0.2) is 4.39 Å². The Bertz CT molecular complexity index is 468. The zero-order chi connectivity index (χ0) is 15.0. The number of amides is 2. The SMILES string of the molecule is CCCNC(=O)[C@@H](C)NC(=O)CSc1ccccc1F. The molecule has 110 valence electrons. The summed E-state index contributed by atoms with van der Waals surface area (Å²) in [7, 11) is 0. The number of carbonyl (C=O) groups excluding carboxylic acids is 2. The van der Waals surface area contributed by atoms with Gasteiger partial charge in [0.15, 0.2) is 0 Å². The number of hydrogen-bond donors (Lipinski definition) is 2. The fourth-order valence-corrected chi connectivity index (χ4v) is 2.21. The quantitative estimate of drug-likeness (QED) is 0.757. The number of nitrogens with one attached hydrogen (secondary N) is 2. The molecular formula is C14H19FN2O2S. The van der Waals surface area contributed by atoms with Crippen molar-refractivity contribution in [1.29, 1.82) is 0 Å². The Hall–Kier alpha value is -1.56. The van der Waals surface area contributed by atoms with Crippen LogP contribution in [-0.2, 0) is 9.59 Å². The number of benzene rings is 1. The van der Waals surface area contributed by atoms with Gasteiger partial charge < -0.3 is 10.6 Å². The predicted molar refractivity (Wildman–Crippen MR) is 78.0 cm³/mol. The Morgan fingerprint density at radius 2 is 2.05 bits per heavy atom. The van der Waals surface area contributed by atoms with E-state index in [1.807, 2.05) is 6.92 Å². The summed E-state index contributed by atoms with van der Waals surface area (Å²) in [6, 6.07) is 5.69. The molecule has 0 aromatic heterocycles. The van der Waals surface area contributed by atoms with Crippen molar-refractivity contribution < 1.29 is 14.0 Å². The van der Waals surface area contributed by atoms with Crippen LogP contribution in [0.15, 0.2) is 29.2 Å². The first kappa shape index (κ1) is 16.5. The predicted octanol–water partition coefficient (Wildman–Crippen LogP) is 1.95. The molecule has 2 N–H and O–H groups in total. The van der Waals surface area contributed by atoms with Crippen molar-refractivity contribution in [3.63, 3.8) is 0 Å². The smallest absolute Gasteiger partial charge is 0.242 e. The number of hydrogen-bond acceptors (Lipinski definition) is 3. The summed E-state index contributed by atoms with van der Waals surface area (Å²) in [4.78, 5) is 23.7. The Morgan fingerprint density at radius 3 is 2.70 bits per heavy atom. The van der Waals surface area contributed by atoms with Gasteiger partial charge in [-0.3, -0.25) is 9.59 Å². The monoisotopic (exact) mass is 298 g/mol. The highest BCUT2D eigenvalue weighted by Gasteiger charge is 2.15. The van der Waals surface area contributed by atoms with Crippen LogP contribution in [0, 0.1) is 5.82 Å². The van der Waals surface area contributed by atoms with Gasteiger partial charge in [0.25, 0.3) is 0 Å². The molecule has 0 heterocycles. The standard InChI is InChI=1S/C14H19FN2O2S/c1-3-8-16-14(19)10(2)17-13(18)9-20-12-7-5-4-6-11(12)15/h4-7,10H,3,8-9H2,1-2H3,(H,16,19)(H,17,18)/t10-/m1/s1. The van der Waals surface area contributed by atoms with Gasteiger partial charge in [-0.05, 0) is 25.5 Å². The van der Waals surface area contributed by atoms with Crippen LogP contribution in [0.3, 0.4) is 0 Å². The molecule has 0 spiro atoms. The molecule has 1 atom stereocenters. The van der Waals surface area contributed by atoms with Gasteiger partial charge in [0.1, 0.15) is 11.9 Å². The molecule has 1 aromatic carbocycles. The van der Waals surface area contributed by atoms with Crippen LogP contribution in [0.25, 0.3) is 0 Å². The fraction of sp³-hybridized carbons (Fsp3) is 0.429. The van der Waals surface area contributed by atoms with Gasteiger partial charge in [0.2, 0.25) is 11.8 Å². The number of thioether (sulfide) groups is 1. The van der Waals surface area contributed by atoms with E-state index in [2.05, 4.69) is 10.6 Å². The molecule has 1 aromatic rings. The van der Waals surface area contributed by atoms with Crippen molar-refractivity contribution in [1.82, 2.24) is 10.6 Å². The molecule has 0 bridgehead atoms. The van der Waals surface area contributed by atoms with Crippen molar-refractivity contribution in [2.45, 2.75) is 31.2 Å². The first-order valence-corrected chi connectivity index (χ1v) is 7.47. The minimum atomic E-state index is -0.588. The van der Waals surface area contributed by atoms with Crippen molar-refractivity contribution in [2.24, 2.45) is 0 Å². The molecule has 0 saturated carbocycles. The van der Waals surface area contributed by atoms with E-state index >= 15 is 0 Å². The Labute approximate surface area is 122 Å². The average Bonchev–Trinajstić information content (AvgIpc) is 2.43. The molecule has 6 heteroatoms. The highest BCUT2D eigenvalue weighted by Crippen LogP contribution is 2.20. The molecule has 2 amide bonds. The molecule has 0 radical (unpaired) electrons. The first-order chi connectivity index (χ1) is 9.54. The van der Waals surface area contributed by atoms with E-state index < -0.39 is 6.04 Å². The van der Waals surface area contributed by atoms with Gasteiger partial charge in [0.05, 0.1) is 5.75 Å². The van der Waals surface area contributed by atoms with Crippen LogP contribution >= 0.6 is 11.8 Å². The van der Waals surface area contributed by atoms with Crippen LogP contribution in [0.4, 0.5) is 4.39 Å². The second kappa shape index (κ2) is 8.58. The van der Waals surface area contributed by atoms with E-state index in [1.165, 1.54) is 6.07 Å². The van der Waals surface area contributed by atoms with Crippen molar-refractivity contribution in [3.05, 3.63) is 30.1 Å². The maximum absolute atomic E-state index is 13.4. The number of halogens is 1. The maximum Gasteiger partial charge on any atom is 0.242 e. The lowest BCUT2D eigenvalue weighted by atomic mass is 10.3. The normalized spacial score (nSPS) is 11.8. The summed E-state index contributed by atoms with van der Waals surface area (Å²) in [5.41, 5.74) is 0. The third-order valence-electron chi connectivity index (χ3n) is 2.52. The van der Waals surface area contributed by atoms with E-state index in [4.69, 9.17) is 0 Å². The summed E-state index contributed by atoms with van der Waals surface area (Å²) in [6.45, 7) is 4.16. The molecule has 0 aliphatic rings. The molecular weight excluding hydrogens is 279 g/mol. The van der Waals surface area contributed by atoms with Crippen molar-refractivity contribution in [3.8, 4) is 0 Å². The largest absolute Gasteiger partial charge is 0.354 e. The van der Waals surface area contributed by atoms with E-state index in [1.54, 1.807) is 25.1 Å². The van der Waals surface area contributed by atoms with Crippen LogP contribution in [0.1, 0.15) is 20.3 Å². The third kappa shape index (κ3) is 5.61. The van der Waals surface area contributed by atoms with Crippen LogP contribution < -0.4 is 10.6 Å². The van der Waals surface area contributed by atoms with E-state index in [0.717, 1.165) is 18.2 Å². The second-order valence-electron chi connectivity index (χ2n) is 4.30. The highest BCUT2D eigenvalue weighted by atomic mass is 32.2. The Balaban J connectivity index is 2.37. The second-order valence-corrected chi connectivity index (χ2v) is 5.32.